The molecule has 0 aliphatic heterocycles. The molecule has 0 radical (unpaired) electrons. The number of primary amides is 1. The Labute approximate surface area is 211 Å². The molecule has 0 fully saturated rings. The van der Waals surface area contributed by atoms with Crippen molar-refractivity contribution in [2.75, 3.05) is 5.75 Å². The summed E-state index contributed by atoms with van der Waals surface area (Å²) in [5.41, 5.74) is 11.7. The highest BCUT2D eigenvalue weighted by Gasteiger charge is 2.30. The van der Waals surface area contributed by atoms with Crippen molar-refractivity contribution in [1.82, 2.24) is 16.0 Å². The first-order valence-corrected chi connectivity index (χ1v) is 11.3. The quantitative estimate of drug-likeness (QED) is 0.108. The van der Waals surface area contributed by atoms with Gasteiger partial charge in [0.2, 0.25) is 23.6 Å². The molecule has 1 rings (SSSR count). The summed E-state index contributed by atoms with van der Waals surface area (Å²) >= 11 is 3.95. The van der Waals surface area contributed by atoms with Crippen LogP contribution in [0.15, 0.2) is 24.3 Å². The smallest absolute Gasteiger partial charge is 0.326 e. The highest BCUT2D eigenvalue weighted by molar-refractivity contribution is 7.80. The number of aliphatic carboxylic acids is 2. The second kappa shape index (κ2) is 14.5. The standard InChI is InChI=1S/C21H29N5O9S/c22-12(7-10-1-3-11(27)4-2-10)18(31)24-13(5-6-16(23)28)19(32)26-15(9-36)20(33)25-14(21(34)35)8-17(29)30/h1-4,12-15,27,36H,5-9,22H2,(H2,23,28)(H,24,31)(H,25,33)(H,26,32)(H,29,30)(H,34,35). The van der Waals surface area contributed by atoms with Crippen LogP contribution in [0.5, 0.6) is 5.75 Å². The number of carboxylic acid groups (broad SMARTS) is 2. The van der Waals surface area contributed by atoms with E-state index in [0.717, 1.165) is 0 Å². The molecule has 0 spiro atoms. The van der Waals surface area contributed by atoms with E-state index in [0.29, 0.717) is 5.56 Å². The zero-order chi connectivity index (χ0) is 27.4. The normalized spacial score (nSPS) is 13.9. The van der Waals surface area contributed by atoms with E-state index in [1.807, 2.05) is 5.32 Å². The fourth-order valence-corrected chi connectivity index (χ4v) is 3.18. The van der Waals surface area contributed by atoms with Gasteiger partial charge in [-0.05, 0) is 30.5 Å². The van der Waals surface area contributed by atoms with Gasteiger partial charge in [-0.3, -0.25) is 24.0 Å². The number of rotatable bonds is 15. The first-order valence-electron chi connectivity index (χ1n) is 10.6. The molecule has 4 atom stereocenters. The Morgan fingerprint density at radius 2 is 1.39 bits per heavy atom. The van der Waals surface area contributed by atoms with Crippen molar-refractivity contribution in [3.05, 3.63) is 29.8 Å². The van der Waals surface area contributed by atoms with Gasteiger partial charge < -0.3 is 42.7 Å². The van der Waals surface area contributed by atoms with Crippen molar-refractivity contribution in [3.63, 3.8) is 0 Å². The molecule has 1 aromatic carbocycles. The van der Waals surface area contributed by atoms with E-state index >= 15 is 0 Å². The Bertz CT molecular complexity index is 973. The van der Waals surface area contributed by atoms with Crippen molar-refractivity contribution in [2.24, 2.45) is 11.5 Å². The minimum Gasteiger partial charge on any atom is -0.508 e. The Hall–Kier alpha value is -3.85. The number of nitrogens with one attached hydrogen (secondary N) is 3. The third kappa shape index (κ3) is 10.6. The molecule has 4 unspecified atom stereocenters. The van der Waals surface area contributed by atoms with Gasteiger partial charge in [0.25, 0.3) is 0 Å². The highest BCUT2D eigenvalue weighted by Crippen LogP contribution is 2.11. The van der Waals surface area contributed by atoms with Gasteiger partial charge in [0, 0.05) is 12.2 Å². The number of phenols is 1. The Morgan fingerprint density at radius 3 is 1.89 bits per heavy atom. The maximum atomic E-state index is 12.8. The van der Waals surface area contributed by atoms with Crippen molar-refractivity contribution >= 4 is 48.2 Å². The zero-order valence-corrected chi connectivity index (χ0v) is 19.9. The van der Waals surface area contributed by atoms with Crippen LogP contribution in [0.25, 0.3) is 0 Å². The molecule has 14 nitrogen and oxygen atoms in total. The summed E-state index contributed by atoms with van der Waals surface area (Å²) in [7, 11) is 0. The van der Waals surface area contributed by atoms with Crippen LogP contribution in [0.4, 0.5) is 0 Å². The topological polar surface area (TPSA) is 251 Å². The molecule has 10 N–H and O–H groups in total. The lowest BCUT2D eigenvalue weighted by Gasteiger charge is -2.24. The third-order valence-corrected chi connectivity index (χ3v) is 5.22. The molecule has 0 bridgehead atoms. The molecule has 4 amide bonds. The zero-order valence-electron chi connectivity index (χ0n) is 19.0. The lowest BCUT2D eigenvalue weighted by Crippen LogP contribution is -2.58. The summed E-state index contributed by atoms with van der Waals surface area (Å²) in [6.07, 6.45) is -1.35. The predicted molar refractivity (Wildman–Crippen MR) is 128 cm³/mol. The molecule has 0 heterocycles. The summed E-state index contributed by atoms with van der Waals surface area (Å²) in [4.78, 5) is 71.1. The van der Waals surface area contributed by atoms with Crippen LogP contribution in [0.3, 0.4) is 0 Å². The lowest BCUT2D eigenvalue weighted by atomic mass is 10.0. The van der Waals surface area contributed by atoms with Gasteiger partial charge >= 0.3 is 11.9 Å². The lowest BCUT2D eigenvalue weighted by molar-refractivity contribution is -0.147. The summed E-state index contributed by atoms with van der Waals surface area (Å²) < 4.78 is 0. The molecule has 15 heteroatoms. The first kappa shape index (κ1) is 30.2. The number of carbonyl (C=O) groups is 6. The molecule has 0 saturated heterocycles. The molecule has 36 heavy (non-hydrogen) atoms. The number of aromatic hydroxyl groups is 1. The fraction of sp³-hybridized carbons (Fsp3) is 0.429. The Kier molecular flexibility index (Phi) is 12.2. The van der Waals surface area contributed by atoms with Crippen LogP contribution in [-0.4, -0.2) is 80.8 Å². The van der Waals surface area contributed by atoms with Crippen LogP contribution >= 0.6 is 12.6 Å². The number of amides is 4. The molecular formula is C21H29N5O9S. The summed E-state index contributed by atoms with van der Waals surface area (Å²) in [5, 5.41) is 33.9. The minimum absolute atomic E-state index is 0.0281. The van der Waals surface area contributed by atoms with Crippen molar-refractivity contribution in [1.29, 1.82) is 0 Å². The third-order valence-electron chi connectivity index (χ3n) is 4.85. The molecule has 0 aliphatic carbocycles. The highest BCUT2D eigenvalue weighted by atomic mass is 32.1. The van der Waals surface area contributed by atoms with E-state index in [-0.39, 0.29) is 30.8 Å². The number of phenolic OH excluding ortho intramolecular Hbond substituents is 1. The van der Waals surface area contributed by atoms with Crippen LogP contribution in [0, 0.1) is 0 Å². The van der Waals surface area contributed by atoms with Crippen LogP contribution < -0.4 is 27.4 Å². The number of hydrogen-bond donors (Lipinski definition) is 9. The van der Waals surface area contributed by atoms with Gasteiger partial charge in [-0.2, -0.15) is 12.6 Å². The Morgan fingerprint density at radius 1 is 0.861 bits per heavy atom. The summed E-state index contributed by atoms with van der Waals surface area (Å²) in [6, 6.07) is 0.367. The number of nitrogens with two attached hydrogens (primary N) is 2. The number of carboxylic acids is 2. The molecule has 0 aromatic heterocycles. The Balaban J connectivity index is 2.89. The minimum atomic E-state index is -1.75. The monoisotopic (exact) mass is 527 g/mol. The number of carbonyl (C=O) groups excluding carboxylic acids is 4. The number of hydrogen-bond acceptors (Lipinski definition) is 9. The van der Waals surface area contributed by atoms with E-state index in [4.69, 9.17) is 21.7 Å². The SMILES string of the molecule is NC(=O)CCC(NC(=O)C(N)Cc1ccc(O)cc1)C(=O)NC(CS)C(=O)NC(CC(=O)O)C(=O)O. The van der Waals surface area contributed by atoms with E-state index < -0.39 is 66.2 Å². The maximum absolute atomic E-state index is 12.8. The molecular weight excluding hydrogens is 498 g/mol. The van der Waals surface area contributed by atoms with Gasteiger partial charge in [0.15, 0.2) is 0 Å². The molecule has 198 valence electrons. The van der Waals surface area contributed by atoms with Crippen molar-refractivity contribution < 1.29 is 44.1 Å². The van der Waals surface area contributed by atoms with E-state index in [9.17, 15) is 33.9 Å². The number of thiol groups is 1. The van der Waals surface area contributed by atoms with Crippen LogP contribution in [0.1, 0.15) is 24.8 Å². The van der Waals surface area contributed by atoms with Crippen molar-refractivity contribution in [2.45, 2.75) is 49.9 Å². The molecule has 0 aliphatic rings. The summed E-state index contributed by atoms with van der Waals surface area (Å²) in [6.45, 7) is 0. The summed E-state index contributed by atoms with van der Waals surface area (Å²) in [5.74, 6) is -6.74. The van der Waals surface area contributed by atoms with E-state index in [1.54, 1.807) is 12.1 Å². The average molecular weight is 528 g/mol. The van der Waals surface area contributed by atoms with E-state index in [2.05, 4.69) is 23.3 Å². The number of benzene rings is 1. The largest absolute Gasteiger partial charge is 0.508 e. The second-order valence-corrected chi connectivity index (χ2v) is 8.15. The van der Waals surface area contributed by atoms with Gasteiger partial charge in [0.1, 0.15) is 23.9 Å². The van der Waals surface area contributed by atoms with Crippen molar-refractivity contribution in [3.8, 4) is 5.75 Å². The van der Waals surface area contributed by atoms with Gasteiger partial charge in [-0.15, -0.1) is 0 Å². The maximum Gasteiger partial charge on any atom is 0.326 e. The average Bonchev–Trinajstić information content (AvgIpc) is 2.80. The van der Waals surface area contributed by atoms with Gasteiger partial charge in [0.05, 0.1) is 12.5 Å². The molecule has 0 saturated carbocycles. The van der Waals surface area contributed by atoms with E-state index in [1.165, 1.54) is 12.1 Å². The fourth-order valence-electron chi connectivity index (χ4n) is 2.93. The second-order valence-electron chi connectivity index (χ2n) is 7.78. The van der Waals surface area contributed by atoms with Crippen LogP contribution in [-0.2, 0) is 35.2 Å². The van der Waals surface area contributed by atoms with Gasteiger partial charge in [-0.1, -0.05) is 12.1 Å². The first-order chi connectivity index (χ1) is 16.8. The van der Waals surface area contributed by atoms with Crippen LogP contribution in [0.2, 0.25) is 0 Å². The predicted octanol–water partition coefficient (Wildman–Crippen LogP) is -2.53. The molecule has 1 aromatic rings. The van der Waals surface area contributed by atoms with Gasteiger partial charge in [-0.25, -0.2) is 4.79 Å².